The standard InChI is InChI=1S/C28H39N5O.C4H7F5OS.C2H6/c1-5-22(2)20-32-15-9-14-29-28-25(10-7-6-8-16-33(28)32)18-24-11-12-26(27(19-24)34-4)31-17-13-23(3)30-21-31;1-3-4(2)10-11(5,6,7,8)9;1-2/h5,11-13,17-19,21,23H,6-10,14-16,20H2,1-4H3;3H,1-2H3;1-2H3/b22-5+,25-18+;4-3+;. The monoisotopic (exact) mass is 689 g/mol. The summed E-state index contributed by atoms with van der Waals surface area (Å²) in [7, 11) is -7.96. The first-order chi connectivity index (χ1) is 22.0. The molecule has 47 heavy (non-hydrogen) atoms. The van der Waals surface area contributed by atoms with Crippen LogP contribution in [0.1, 0.15) is 86.1 Å². The van der Waals surface area contributed by atoms with Gasteiger partial charge in [0.2, 0.25) is 0 Å². The van der Waals surface area contributed by atoms with Gasteiger partial charge in [-0.15, -0.1) is 0 Å². The second kappa shape index (κ2) is 16.7. The van der Waals surface area contributed by atoms with Crippen LogP contribution in [0.25, 0.3) is 6.08 Å². The van der Waals surface area contributed by atoms with E-state index < -0.39 is 16.3 Å². The number of anilines is 1. The fourth-order valence-electron chi connectivity index (χ4n) is 4.95. The molecule has 1 fully saturated rings. The summed E-state index contributed by atoms with van der Waals surface area (Å²) in [5, 5.41) is 4.97. The van der Waals surface area contributed by atoms with Gasteiger partial charge < -0.3 is 13.8 Å². The van der Waals surface area contributed by atoms with E-state index in [2.05, 4.69) is 82.6 Å². The van der Waals surface area contributed by atoms with E-state index in [9.17, 15) is 19.4 Å². The summed E-state index contributed by atoms with van der Waals surface area (Å²) in [6, 6.07) is 6.64. The number of allylic oxidation sites excluding steroid dienone is 3. The minimum atomic E-state index is -9.69. The number of hydrazine groups is 1. The summed E-state index contributed by atoms with van der Waals surface area (Å²) in [5.41, 5.74) is 4.87. The van der Waals surface area contributed by atoms with Gasteiger partial charge in [-0.25, -0.2) is 5.01 Å². The third-order valence-corrected chi connectivity index (χ3v) is 8.00. The largest absolute Gasteiger partial charge is 0.495 e. The van der Waals surface area contributed by atoms with Crippen molar-refractivity contribution in [2.24, 2.45) is 9.98 Å². The van der Waals surface area contributed by atoms with Crippen LogP contribution in [-0.4, -0.2) is 61.5 Å². The van der Waals surface area contributed by atoms with E-state index >= 15 is 0 Å². The molecule has 1 saturated heterocycles. The maximum Gasteiger partial charge on any atom is 0.435 e. The van der Waals surface area contributed by atoms with Gasteiger partial charge in [0, 0.05) is 32.4 Å². The highest BCUT2D eigenvalue weighted by molar-refractivity contribution is 8.42. The molecule has 0 amide bonds. The minimum absolute atomic E-state index is 0.213. The molecule has 0 aliphatic carbocycles. The summed E-state index contributed by atoms with van der Waals surface area (Å²) in [4.78, 5) is 11.6. The van der Waals surface area contributed by atoms with Crippen LogP contribution in [0.15, 0.2) is 69.5 Å². The Bertz CT molecular complexity index is 1360. The number of hydrogen-bond donors (Lipinski definition) is 0. The number of hydrogen-bond acceptors (Lipinski definition) is 7. The van der Waals surface area contributed by atoms with E-state index in [0.29, 0.717) is 0 Å². The average Bonchev–Trinajstić information content (AvgIpc) is 3.20. The van der Waals surface area contributed by atoms with Gasteiger partial charge >= 0.3 is 10.5 Å². The molecule has 4 rings (SSSR count). The van der Waals surface area contributed by atoms with Crippen LogP contribution in [0.2, 0.25) is 0 Å². The van der Waals surface area contributed by atoms with Crippen molar-refractivity contribution in [2.75, 3.05) is 38.2 Å². The number of fused-ring (bicyclic) bond motifs is 1. The van der Waals surface area contributed by atoms with Crippen molar-refractivity contribution in [1.82, 2.24) is 10.0 Å². The predicted octanol–water partition coefficient (Wildman–Crippen LogP) is 10.9. The number of benzene rings is 1. The maximum absolute atomic E-state index is 11.4. The second-order valence-electron chi connectivity index (χ2n) is 11.3. The number of amidine groups is 1. The molecule has 1 atom stereocenters. The van der Waals surface area contributed by atoms with E-state index in [1.165, 1.54) is 37.3 Å². The molecule has 0 spiro atoms. The van der Waals surface area contributed by atoms with Crippen LogP contribution in [0.4, 0.5) is 25.1 Å². The van der Waals surface area contributed by atoms with Crippen molar-refractivity contribution in [3.8, 4) is 5.75 Å². The first-order valence-electron chi connectivity index (χ1n) is 16.2. The third-order valence-electron chi connectivity index (χ3n) is 7.42. The van der Waals surface area contributed by atoms with E-state index in [1.54, 1.807) is 7.11 Å². The molecule has 266 valence electrons. The van der Waals surface area contributed by atoms with Crippen molar-refractivity contribution in [1.29, 1.82) is 0 Å². The Morgan fingerprint density at radius 2 is 1.72 bits per heavy atom. The van der Waals surface area contributed by atoms with Gasteiger partial charge in [0.25, 0.3) is 0 Å². The van der Waals surface area contributed by atoms with E-state index in [-0.39, 0.29) is 6.04 Å². The van der Waals surface area contributed by atoms with Gasteiger partial charge in [-0.2, -0.15) is 0 Å². The summed E-state index contributed by atoms with van der Waals surface area (Å²) in [5.74, 6) is 1.14. The lowest BCUT2D eigenvalue weighted by Gasteiger charge is -2.39. The second-order valence-corrected chi connectivity index (χ2v) is 13.2. The smallest absolute Gasteiger partial charge is 0.435 e. The highest BCUT2D eigenvalue weighted by Crippen LogP contribution is 2.99. The summed E-state index contributed by atoms with van der Waals surface area (Å²) in [6.07, 6.45) is 17.2. The fraction of sp³-hybridized carbons (Fsp3) is 0.529. The zero-order valence-electron chi connectivity index (χ0n) is 29.0. The molecule has 0 saturated carbocycles. The number of nitrogens with zero attached hydrogens (tertiary/aromatic N) is 5. The van der Waals surface area contributed by atoms with Gasteiger partial charge in [-0.05, 0) is 102 Å². The molecule has 7 nitrogen and oxygen atoms in total. The van der Waals surface area contributed by atoms with Crippen LogP contribution in [0.3, 0.4) is 0 Å². The SMILES string of the molecule is C/C=C(\C)CN1CCCN=C2/C(=C/c3ccc(N4C=CC(C)N=C4)c(OC)c3)CCCCCN21.C/C=C(\C)OS(F)(F)(F)(F)F.CC. The molecule has 3 heterocycles. The van der Waals surface area contributed by atoms with Gasteiger partial charge in [0.1, 0.15) is 17.3 Å². The molecular formula is C34H52F5N5O2S. The molecule has 0 bridgehead atoms. The van der Waals surface area contributed by atoms with Gasteiger partial charge in [-0.3, -0.25) is 15.0 Å². The fourth-order valence-corrected chi connectivity index (χ4v) is 5.55. The Hall–Kier alpha value is -3.32. The van der Waals surface area contributed by atoms with Crippen molar-refractivity contribution in [2.45, 2.75) is 86.6 Å². The predicted molar refractivity (Wildman–Crippen MR) is 189 cm³/mol. The van der Waals surface area contributed by atoms with Crippen LogP contribution < -0.4 is 9.64 Å². The molecule has 1 unspecified atom stereocenters. The van der Waals surface area contributed by atoms with Crippen molar-refractivity contribution in [3.63, 3.8) is 0 Å². The Kier molecular flexibility index (Phi) is 14.1. The summed E-state index contributed by atoms with van der Waals surface area (Å²) >= 11 is 0. The van der Waals surface area contributed by atoms with Crippen molar-refractivity contribution in [3.05, 3.63) is 65.1 Å². The Labute approximate surface area is 278 Å². The number of methoxy groups -OCH3 is 1. The lowest BCUT2D eigenvalue weighted by atomic mass is 10.00. The molecule has 0 aromatic heterocycles. The first kappa shape index (κ1) is 39.9. The highest BCUT2D eigenvalue weighted by atomic mass is 32.5. The Morgan fingerprint density at radius 3 is 2.30 bits per heavy atom. The molecule has 0 N–H and O–H groups in total. The van der Waals surface area contributed by atoms with Gasteiger partial charge in [0.05, 0.1) is 25.2 Å². The molecule has 0 radical (unpaired) electrons. The summed E-state index contributed by atoms with van der Waals surface area (Å²) in [6.45, 7) is 16.3. The zero-order chi connectivity index (χ0) is 35.3. The van der Waals surface area contributed by atoms with Crippen LogP contribution >= 0.6 is 10.5 Å². The lowest BCUT2D eigenvalue weighted by molar-refractivity contribution is 0.0561. The highest BCUT2D eigenvalue weighted by Gasteiger charge is 2.67. The topological polar surface area (TPSA) is 52.9 Å². The molecular weight excluding hydrogens is 637 g/mol. The Balaban J connectivity index is 0.000000503. The van der Waals surface area contributed by atoms with Crippen LogP contribution in [0.5, 0.6) is 5.75 Å². The van der Waals surface area contributed by atoms with E-state index in [1.807, 2.05) is 25.1 Å². The van der Waals surface area contributed by atoms with Crippen molar-refractivity contribution < 1.29 is 28.3 Å². The van der Waals surface area contributed by atoms with Crippen LogP contribution in [-0.2, 0) is 4.18 Å². The minimum Gasteiger partial charge on any atom is -0.495 e. The molecule has 3 aliphatic heterocycles. The number of rotatable bonds is 7. The van der Waals surface area contributed by atoms with Crippen molar-refractivity contribution >= 4 is 34.4 Å². The number of aliphatic imine (C=N–C) groups is 2. The summed E-state index contributed by atoms with van der Waals surface area (Å²) < 4.78 is 65.3. The number of ether oxygens (including phenoxy) is 1. The third kappa shape index (κ3) is 13.7. The van der Waals surface area contributed by atoms with E-state index in [0.717, 1.165) is 74.9 Å². The normalized spacial score (nSPS) is 21.8. The quantitative estimate of drug-likeness (QED) is 0.162. The van der Waals surface area contributed by atoms with Crippen LogP contribution in [0, 0.1) is 0 Å². The first-order valence-corrected chi connectivity index (χ1v) is 18.0. The Morgan fingerprint density at radius 1 is 1.00 bits per heavy atom. The lowest BCUT2D eigenvalue weighted by Crippen LogP contribution is -2.48. The van der Waals surface area contributed by atoms with Gasteiger partial charge in [-0.1, -0.05) is 57.4 Å². The molecule has 1 aromatic carbocycles. The molecule has 1 aromatic rings. The molecule has 3 aliphatic rings. The van der Waals surface area contributed by atoms with Gasteiger partial charge in [0.15, 0.2) is 0 Å². The average molecular weight is 690 g/mol. The maximum atomic E-state index is 11.4. The molecule has 13 heteroatoms. The number of halogens is 5. The zero-order valence-corrected chi connectivity index (χ0v) is 29.8. The van der Waals surface area contributed by atoms with E-state index in [4.69, 9.17) is 9.73 Å².